The molecule has 0 aromatic heterocycles. The lowest BCUT2D eigenvalue weighted by Crippen LogP contribution is -2.45. The minimum atomic E-state index is -3.28. The Morgan fingerprint density at radius 1 is 1.06 bits per heavy atom. The zero-order valence-electron chi connectivity index (χ0n) is 18.2. The number of likely N-dealkylation sites (tertiary alicyclic amines) is 1. The molecule has 2 aliphatic heterocycles. The van der Waals surface area contributed by atoms with Crippen LogP contribution in [0.15, 0.2) is 42.5 Å². The van der Waals surface area contributed by atoms with Gasteiger partial charge >= 0.3 is 0 Å². The Hall–Kier alpha value is -2.12. The summed E-state index contributed by atoms with van der Waals surface area (Å²) in [5.74, 6) is -0.0405. The van der Waals surface area contributed by atoms with Gasteiger partial charge in [0.15, 0.2) is 0 Å². The van der Waals surface area contributed by atoms with Crippen LogP contribution in [0.3, 0.4) is 0 Å². The average molecular weight is 446 g/mol. The largest absolute Gasteiger partial charge is 0.368 e. The maximum absolute atomic E-state index is 13.1. The molecule has 0 bridgehead atoms. The van der Waals surface area contributed by atoms with Crippen molar-refractivity contribution in [2.45, 2.75) is 45.1 Å². The van der Waals surface area contributed by atoms with Gasteiger partial charge in [-0.3, -0.25) is 4.72 Å². The number of rotatable bonds is 8. The van der Waals surface area contributed by atoms with Gasteiger partial charge in [-0.2, -0.15) is 0 Å². The molecule has 1 N–H and O–H groups in total. The topological polar surface area (TPSA) is 52.7 Å². The van der Waals surface area contributed by atoms with Gasteiger partial charge in [0.05, 0.1) is 11.4 Å². The zero-order chi connectivity index (χ0) is 21.8. The van der Waals surface area contributed by atoms with Crippen LogP contribution in [-0.4, -0.2) is 51.3 Å². The van der Waals surface area contributed by atoms with Crippen molar-refractivity contribution in [3.05, 3.63) is 59.4 Å². The predicted octanol–water partition coefficient (Wildman–Crippen LogP) is 4.05. The highest BCUT2D eigenvalue weighted by molar-refractivity contribution is 7.92. The van der Waals surface area contributed by atoms with Crippen LogP contribution in [0.1, 0.15) is 37.3 Å². The first-order valence-electron chi connectivity index (χ1n) is 11.3. The molecule has 0 amide bonds. The number of hydrogen-bond acceptors (Lipinski definition) is 4. The number of halogens is 1. The van der Waals surface area contributed by atoms with Gasteiger partial charge in [-0.1, -0.05) is 25.1 Å². The number of hydrogen-bond donors (Lipinski definition) is 1. The van der Waals surface area contributed by atoms with E-state index in [0.29, 0.717) is 18.2 Å². The second kappa shape index (κ2) is 9.57. The Labute approximate surface area is 185 Å². The van der Waals surface area contributed by atoms with E-state index in [1.807, 2.05) is 31.2 Å². The maximum atomic E-state index is 13.1. The molecule has 1 fully saturated rings. The van der Waals surface area contributed by atoms with Crippen LogP contribution in [0.5, 0.6) is 0 Å². The fourth-order valence-corrected chi connectivity index (χ4v) is 5.86. The van der Waals surface area contributed by atoms with E-state index in [4.69, 9.17) is 0 Å². The summed E-state index contributed by atoms with van der Waals surface area (Å²) in [5.41, 5.74) is 4.32. The summed E-state index contributed by atoms with van der Waals surface area (Å²) in [4.78, 5) is 4.97. The molecule has 2 aromatic carbocycles. The summed E-state index contributed by atoms with van der Waals surface area (Å²) in [6.45, 7) is 5.98. The molecule has 0 atom stereocenters. The third-order valence-corrected chi connectivity index (χ3v) is 7.88. The molecule has 168 valence electrons. The Morgan fingerprint density at radius 3 is 2.52 bits per heavy atom. The molecule has 0 spiro atoms. The smallest absolute Gasteiger partial charge is 0.232 e. The van der Waals surface area contributed by atoms with Crippen LogP contribution in [0, 0.1) is 5.82 Å². The van der Waals surface area contributed by atoms with Crippen molar-refractivity contribution in [3.63, 3.8) is 0 Å². The predicted molar refractivity (Wildman–Crippen MR) is 125 cm³/mol. The molecule has 0 radical (unpaired) electrons. The van der Waals surface area contributed by atoms with Gasteiger partial charge in [-0.05, 0) is 67.5 Å². The molecule has 1 saturated heterocycles. The van der Waals surface area contributed by atoms with E-state index in [1.54, 1.807) is 0 Å². The SMILES string of the molecule is CCCS(=O)(=O)Nc1ccc2c(c1)N(C1CCN(CCc3ccc(F)cc3)CC1)CC2. The molecule has 5 nitrogen and oxygen atoms in total. The Bertz CT molecular complexity index is 986. The summed E-state index contributed by atoms with van der Waals surface area (Å²) < 4.78 is 40.1. The van der Waals surface area contributed by atoms with Crippen molar-refractivity contribution in [2.24, 2.45) is 0 Å². The fourth-order valence-electron chi connectivity index (χ4n) is 4.74. The highest BCUT2D eigenvalue weighted by Gasteiger charge is 2.29. The van der Waals surface area contributed by atoms with Crippen molar-refractivity contribution >= 4 is 21.4 Å². The van der Waals surface area contributed by atoms with Crippen molar-refractivity contribution < 1.29 is 12.8 Å². The van der Waals surface area contributed by atoms with Gasteiger partial charge in [0, 0.05) is 37.9 Å². The van der Waals surface area contributed by atoms with Crippen LogP contribution in [0.25, 0.3) is 0 Å². The van der Waals surface area contributed by atoms with Gasteiger partial charge in [0.2, 0.25) is 10.0 Å². The van der Waals surface area contributed by atoms with Crippen LogP contribution in [-0.2, 0) is 22.9 Å². The number of piperidine rings is 1. The van der Waals surface area contributed by atoms with E-state index in [9.17, 15) is 12.8 Å². The average Bonchev–Trinajstić information content (AvgIpc) is 3.16. The van der Waals surface area contributed by atoms with E-state index in [-0.39, 0.29) is 11.6 Å². The molecule has 2 aliphatic rings. The van der Waals surface area contributed by atoms with E-state index < -0.39 is 10.0 Å². The normalized spacial score (nSPS) is 17.7. The molecule has 0 saturated carbocycles. The van der Waals surface area contributed by atoms with Crippen molar-refractivity contribution in [2.75, 3.05) is 41.6 Å². The molecule has 31 heavy (non-hydrogen) atoms. The number of fused-ring (bicyclic) bond motifs is 1. The van der Waals surface area contributed by atoms with E-state index in [1.165, 1.54) is 28.9 Å². The molecule has 0 unspecified atom stereocenters. The quantitative estimate of drug-likeness (QED) is 0.666. The van der Waals surface area contributed by atoms with Crippen LogP contribution in [0.2, 0.25) is 0 Å². The number of anilines is 2. The molecule has 2 heterocycles. The molecule has 4 rings (SSSR count). The highest BCUT2D eigenvalue weighted by Crippen LogP contribution is 2.35. The summed E-state index contributed by atoms with van der Waals surface area (Å²) in [5, 5.41) is 0. The molecular formula is C24H32FN3O2S. The van der Waals surface area contributed by atoms with Gasteiger partial charge in [-0.25, -0.2) is 12.8 Å². The van der Waals surface area contributed by atoms with Crippen molar-refractivity contribution in [1.29, 1.82) is 0 Å². The van der Waals surface area contributed by atoms with Gasteiger partial charge < -0.3 is 9.80 Å². The van der Waals surface area contributed by atoms with Crippen LogP contribution < -0.4 is 9.62 Å². The molecular weight excluding hydrogens is 413 g/mol. The number of benzene rings is 2. The van der Waals surface area contributed by atoms with Gasteiger partial charge in [-0.15, -0.1) is 0 Å². The Kier molecular flexibility index (Phi) is 6.82. The molecule has 2 aromatic rings. The van der Waals surface area contributed by atoms with Crippen molar-refractivity contribution in [3.8, 4) is 0 Å². The Morgan fingerprint density at radius 2 is 1.81 bits per heavy atom. The Balaban J connectivity index is 1.34. The van der Waals surface area contributed by atoms with Gasteiger partial charge in [0.1, 0.15) is 5.82 Å². The van der Waals surface area contributed by atoms with Crippen LogP contribution in [0.4, 0.5) is 15.8 Å². The zero-order valence-corrected chi connectivity index (χ0v) is 19.0. The maximum Gasteiger partial charge on any atom is 0.232 e. The second-order valence-corrected chi connectivity index (χ2v) is 10.5. The lowest BCUT2D eigenvalue weighted by atomic mass is 10.0. The highest BCUT2D eigenvalue weighted by atomic mass is 32.2. The first-order valence-corrected chi connectivity index (χ1v) is 13.0. The monoisotopic (exact) mass is 445 g/mol. The third-order valence-electron chi connectivity index (χ3n) is 6.39. The third kappa shape index (κ3) is 5.57. The standard InChI is InChI=1S/C24H32FN3O2S/c1-2-17-31(29,30)26-22-8-5-20-10-16-28(24(20)18-22)23-11-14-27(15-12-23)13-9-19-3-6-21(25)7-4-19/h3-8,18,23,26H,2,9-17H2,1H3. The lowest BCUT2D eigenvalue weighted by Gasteiger charge is -2.38. The number of sulfonamides is 1. The number of nitrogens with one attached hydrogen (secondary N) is 1. The fraction of sp³-hybridized carbons (Fsp3) is 0.500. The summed E-state index contributed by atoms with van der Waals surface area (Å²) in [6, 6.07) is 13.3. The van der Waals surface area contributed by atoms with E-state index in [0.717, 1.165) is 51.9 Å². The summed E-state index contributed by atoms with van der Waals surface area (Å²) in [7, 11) is -3.28. The second-order valence-electron chi connectivity index (χ2n) is 8.66. The summed E-state index contributed by atoms with van der Waals surface area (Å²) >= 11 is 0. The van der Waals surface area contributed by atoms with Gasteiger partial charge in [0.25, 0.3) is 0 Å². The minimum Gasteiger partial charge on any atom is -0.368 e. The molecule has 0 aliphatic carbocycles. The lowest BCUT2D eigenvalue weighted by molar-refractivity contribution is 0.212. The first kappa shape index (κ1) is 22.1. The summed E-state index contributed by atoms with van der Waals surface area (Å²) in [6.07, 6.45) is 4.77. The van der Waals surface area contributed by atoms with E-state index >= 15 is 0 Å². The minimum absolute atomic E-state index is 0.143. The van der Waals surface area contributed by atoms with Crippen molar-refractivity contribution in [1.82, 2.24) is 4.90 Å². The first-order chi connectivity index (χ1) is 14.9. The number of nitrogens with zero attached hydrogens (tertiary/aromatic N) is 2. The van der Waals surface area contributed by atoms with E-state index in [2.05, 4.69) is 20.6 Å². The molecule has 7 heteroatoms. The van der Waals surface area contributed by atoms with Crippen LogP contribution >= 0.6 is 0 Å².